The monoisotopic (exact) mass is 699 g/mol. The molecule has 0 amide bonds. The van der Waals surface area contributed by atoms with Crippen molar-refractivity contribution in [3.8, 4) is 44.9 Å². The Morgan fingerprint density at radius 3 is 1.77 bits per heavy atom. The zero-order chi connectivity index (χ0) is 35.4. The Labute approximate surface area is 308 Å². The van der Waals surface area contributed by atoms with Crippen molar-refractivity contribution in [1.29, 1.82) is 0 Å². The van der Waals surface area contributed by atoms with Crippen molar-refractivity contribution in [2.24, 2.45) is 0 Å². The quantitative estimate of drug-likeness (QED) is 0.168. The fourth-order valence-corrected chi connectivity index (χ4v) is 11.1. The average Bonchev–Trinajstić information content (AvgIpc) is 3.55. The molecule has 53 heavy (non-hydrogen) atoms. The van der Waals surface area contributed by atoms with Crippen LogP contribution in [0.4, 0.5) is 0 Å². The molecule has 0 N–H and O–H groups in total. The lowest BCUT2D eigenvalue weighted by Gasteiger charge is -2.23. The molecule has 3 heterocycles. The van der Waals surface area contributed by atoms with Crippen LogP contribution in [0.1, 0.15) is 18.2 Å². The zero-order valence-electron chi connectivity index (χ0n) is 28.9. The lowest BCUT2D eigenvalue weighted by atomic mass is 9.96. The van der Waals surface area contributed by atoms with Crippen LogP contribution in [-0.2, 0) is 4.57 Å². The first-order valence-electron chi connectivity index (χ1n) is 18.1. The molecule has 5 heteroatoms. The number of hydrogen-bond donors (Lipinski definition) is 0. The molecular formula is C48H34N3OP. The lowest BCUT2D eigenvalue weighted by Crippen LogP contribution is -2.26. The zero-order valence-corrected chi connectivity index (χ0v) is 29.8. The Morgan fingerprint density at radius 1 is 0.585 bits per heavy atom. The summed E-state index contributed by atoms with van der Waals surface area (Å²) in [6.07, 6.45) is 7.52. The van der Waals surface area contributed by atoms with Gasteiger partial charge in [-0.1, -0.05) is 170 Å². The van der Waals surface area contributed by atoms with E-state index in [1.165, 1.54) is 0 Å². The standard InChI is InChI=1S/C48H34N3OP/c52-53(37-20-8-3-9-21-37)44-26-14-11-23-39(44)46-38-22-10-13-25-43(38)51(47(46)40-24-12-15-27-45(40)53)36-30-28-35(29-31-36)48-49-41(33-16-4-1-5-17-33)32-42(50-48)34-18-6-2-7-19-34/h1-28,30-32,35H,29H2. The molecule has 1 aliphatic carbocycles. The van der Waals surface area contributed by atoms with Crippen LogP contribution in [0.15, 0.2) is 188 Å². The number of fused-ring (bicyclic) bond motifs is 7. The summed E-state index contributed by atoms with van der Waals surface area (Å²) in [7, 11) is -3.25. The molecule has 0 radical (unpaired) electrons. The molecule has 0 spiro atoms. The molecule has 252 valence electrons. The van der Waals surface area contributed by atoms with Crippen LogP contribution in [0.5, 0.6) is 0 Å². The number of nitrogens with zero attached hydrogens (tertiary/aromatic N) is 3. The second-order valence-corrected chi connectivity index (χ2v) is 16.3. The first kappa shape index (κ1) is 31.4. The number of rotatable bonds is 5. The number of hydrogen-bond acceptors (Lipinski definition) is 3. The van der Waals surface area contributed by atoms with Gasteiger partial charge in [-0.25, -0.2) is 9.97 Å². The number of allylic oxidation sites excluding steroid dienone is 4. The van der Waals surface area contributed by atoms with Crippen molar-refractivity contribution in [1.82, 2.24) is 14.5 Å². The van der Waals surface area contributed by atoms with E-state index in [1.54, 1.807) is 0 Å². The molecule has 2 atom stereocenters. The Balaban J connectivity index is 1.15. The topological polar surface area (TPSA) is 47.8 Å². The number of benzene rings is 6. The molecule has 10 rings (SSSR count). The fourth-order valence-electron chi connectivity index (χ4n) is 8.10. The second-order valence-electron chi connectivity index (χ2n) is 13.6. The highest BCUT2D eigenvalue weighted by Gasteiger charge is 2.40. The van der Waals surface area contributed by atoms with Gasteiger partial charge in [-0.05, 0) is 30.2 Å². The molecule has 2 unspecified atom stereocenters. The van der Waals surface area contributed by atoms with Crippen molar-refractivity contribution < 1.29 is 4.57 Å². The third-order valence-electron chi connectivity index (χ3n) is 10.6. The van der Waals surface area contributed by atoms with Crippen molar-refractivity contribution in [2.45, 2.75) is 12.3 Å². The molecule has 0 fully saturated rings. The van der Waals surface area contributed by atoms with Crippen molar-refractivity contribution in [3.05, 3.63) is 194 Å². The minimum atomic E-state index is -3.25. The summed E-state index contributed by atoms with van der Waals surface area (Å²) in [5.41, 5.74) is 10.3. The summed E-state index contributed by atoms with van der Waals surface area (Å²) in [5, 5.41) is 3.71. The van der Waals surface area contributed by atoms with Crippen LogP contribution in [0.2, 0.25) is 0 Å². The van der Waals surface area contributed by atoms with Crippen LogP contribution in [0.25, 0.3) is 61.5 Å². The third-order valence-corrected chi connectivity index (χ3v) is 13.7. The second kappa shape index (κ2) is 12.7. The maximum Gasteiger partial charge on any atom is 0.172 e. The predicted octanol–water partition coefficient (Wildman–Crippen LogP) is 10.6. The van der Waals surface area contributed by atoms with Crippen molar-refractivity contribution >= 4 is 39.7 Å². The summed E-state index contributed by atoms with van der Waals surface area (Å²) in [6.45, 7) is 0. The normalized spacial score (nSPS) is 17.4. The molecular weight excluding hydrogens is 666 g/mol. The number of aromatic nitrogens is 3. The van der Waals surface area contributed by atoms with Crippen LogP contribution in [0, 0.1) is 0 Å². The summed E-state index contributed by atoms with van der Waals surface area (Å²) in [6, 6.07) is 58.0. The number of para-hydroxylation sites is 1. The van der Waals surface area contributed by atoms with E-state index >= 15 is 4.57 Å². The maximum absolute atomic E-state index is 15.9. The third kappa shape index (κ3) is 5.10. The lowest BCUT2D eigenvalue weighted by molar-refractivity contribution is 0.592. The van der Waals surface area contributed by atoms with E-state index in [0.717, 1.165) is 89.7 Å². The van der Waals surface area contributed by atoms with E-state index in [1.807, 2.05) is 54.6 Å². The molecule has 6 aromatic carbocycles. The van der Waals surface area contributed by atoms with Gasteiger partial charge in [0.05, 0.1) is 22.6 Å². The predicted molar refractivity (Wildman–Crippen MR) is 219 cm³/mol. The maximum atomic E-state index is 15.9. The highest BCUT2D eigenvalue weighted by atomic mass is 31.2. The van der Waals surface area contributed by atoms with Gasteiger partial charge in [-0.3, -0.25) is 0 Å². The van der Waals surface area contributed by atoms with Gasteiger partial charge < -0.3 is 9.13 Å². The van der Waals surface area contributed by atoms with Crippen molar-refractivity contribution in [3.63, 3.8) is 0 Å². The molecule has 4 nitrogen and oxygen atoms in total. The molecule has 2 aliphatic rings. The summed E-state index contributed by atoms with van der Waals surface area (Å²) >= 11 is 0. The van der Waals surface area contributed by atoms with Gasteiger partial charge in [0.2, 0.25) is 0 Å². The van der Waals surface area contributed by atoms with Gasteiger partial charge in [-0.15, -0.1) is 0 Å². The van der Waals surface area contributed by atoms with E-state index in [0.29, 0.717) is 0 Å². The van der Waals surface area contributed by atoms with E-state index in [2.05, 4.69) is 138 Å². The SMILES string of the molecule is O=P1(c2ccccc2)c2ccccc2-c2c(n(C3=CCC(c4nc(-c5ccccc5)cc(-c5ccccc5)n4)C=C3)c3ccccc23)-c2ccccc21. The van der Waals surface area contributed by atoms with Crippen LogP contribution >= 0.6 is 7.14 Å². The van der Waals surface area contributed by atoms with Crippen molar-refractivity contribution in [2.75, 3.05) is 0 Å². The van der Waals surface area contributed by atoms with Gasteiger partial charge in [-0.2, -0.15) is 0 Å². The van der Waals surface area contributed by atoms with Crippen LogP contribution < -0.4 is 15.9 Å². The molecule has 0 saturated carbocycles. The molecule has 0 saturated heterocycles. The smallest absolute Gasteiger partial charge is 0.172 e. The molecule has 0 bridgehead atoms. The Morgan fingerprint density at radius 2 is 1.13 bits per heavy atom. The first-order valence-corrected chi connectivity index (χ1v) is 19.8. The summed E-state index contributed by atoms with van der Waals surface area (Å²) in [4.78, 5) is 10.3. The molecule has 8 aromatic rings. The fraction of sp³-hybridized carbons (Fsp3) is 0.0417. The highest BCUT2D eigenvalue weighted by molar-refractivity contribution is 7.85. The van der Waals surface area contributed by atoms with E-state index in [-0.39, 0.29) is 5.92 Å². The average molecular weight is 700 g/mol. The Kier molecular flexibility index (Phi) is 7.52. The highest BCUT2D eigenvalue weighted by Crippen LogP contribution is 2.54. The van der Waals surface area contributed by atoms with E-state index in [4.69, 9.17) is 9.97 Å². The van der Waals surface area contributed by atoms with Gasteiger partial charge in [0, 0.05) is 55.2 Å². The van der Waals surface area contributed by atoms with E-state index in [9.17, 15) is 0 Å². The minimum Gasteiger partial charge on any atom is -0.309 e. The largest absolute Gasteiger partial charge is 0.309 e. The Bertz CT molecular complexity index is 2730. The first-order chi connectivity index (χ1) is 26.2. The van der Waals surface area contributed by atoms with Gasteiger partial charge >= 0.3 is 0 Å². The van der Waals surface area contributed by atoms with E-state index < -0.39 is 7.14 Å². The minimum absolute atomic E-state index is 0.00313. The Hall–Kier alpha value is -6.35. The van der Waals surface area contributed by atoms with Crippen LogP contribution in [0.3, 0.4) is 0 Å². The van der Waals surface area contributed by atoms with Crippen LogP contribution in [-0.4, -0.2) is 14.5 Å². The molecule has 1 aliphatic heterocycles. The van der Waals surface area contributed by atoms with Gasteiger partial charge in [0.15, 0.2) is 7.14 Å². The van der Waals surface area contributed by atoms with Gasteiger partial charge in [0.1, 0.15) is 5.82 Å². The summed E-state index contributed by atoms with van der Waals surface area (Å²) < 4.78 is 18.3. The summed E-state index contributed by atoms with van der Waals surface area (Å²) in [5.74, 6) is 0.799. The van der Waals surface area contributed by atoms with Gasteiger partial charge in [0.25, 0.3) is 0 Å². The molecule has 2 aromatic heterocycles.